The zero-order valence-corrected chi connectivity index (χ0v) is 20.2. The smallest absolute Gasteiger partial charge is 0.294 e. The Morgan fingerprint density at radius 1 is 1.09 bits per heavy atom. The van der Waals surface area contributed by atoms with Crippen LogP contribution in [0.5, 0.6) is 22.4 Å². The lowest BCUT2D eigenvalue weighted by molar-refractivity contribution is 0.303. The van der Waals surface area contributed by atoms with Crippen LogP contribution in [0.25, 0.3) is 38.0 Å². The maximum Gasteiger partial charge on any atom is 0.294 e. The molecule has 176 valence electrons. The number of methoxy groups -OCH3 is 2. The highest BCUT2D eigenvalue weighted by molar-refractivity contribution is 7.18. The number of ether oxygens (including phenoxy) is 3. The van der Waals surface area contributed by atoms with Crippen molar-refractivity contribution in [1.29, 1.82) is 0 Å². The molecule has 0 fully saturated rings. The summed E-state index contributed by atoms with van der Waals surface area (Å²) in [5.74, 6) is 2.03. The standard InChI is InChI=1S/C24H18N4O5S2/c1-30-16-7-19(32-11-14-12-34-22(25-14)13-4-3-5-15(29)6-13)17-9-21(33-20(17)8-16)18-10-28-23(26-18)35-24(27-28)31-2/h3-10,12,29H,11H2,1-2H3. The number of imidazole rings is 1. The van der Waals surface area contributed by atoms with Gasteiger partial charge in [0.2, 0.25) is 4.96 Å². The van der Waals surface area contributed by atoms with E-state index in [9.17, 15) is 5.11 Å². The zero-order chi connectivity index (χ0) is 23.9. The molecule has 1 N–H and O–H groups in total. The molecule has 0 bridgehead atoms. The zero-order valence-electron chi connectivity index (χ0n) is 18.6. The van der Waals surface area contributed by atoms with Crippen LogP contribution in [0.4, 0.5) is 0 Å². The summed E-state index contributed by atoms with van der Waals surface area (Å²) in [6.45, 7) is 0.266. The minimum atomic E-state index is 0.206. The van der Waals surface area contributed by atoms with Crippen molar-refractivity contribution in [2.45, 2.75) is 6.61 Å². The summed E-state index contributed by atoms with van der Waals surface area (Å²) < 4.78 is 24.5. The van der Waals surface area contributed by atoms with Crippen LogP contribution in [-0.2, 0) is 6.61 Å². The Hall–Kier alpha value is -4.09. The molecule has 0 saturated carbocycles. The molecule has 6 aromatic rings. The molecule has 0 aliphatic carbocycles. The lowest BCUT2D eigenvalue weighted by Crippen LogP contribution is -1.96. The summed E-state index contributed by atoms with van der Waals surface area (Å²) in [6, 6.07) is 12.6. The number of aromatic hydroxyl groups is 1. The first-order valence-corrected chi connectivity index (χ1v) is 12.2. The first-order chi connectivity index (χ1) is 17.1. The second-order valence-electron chi connectivity index (χ2n) is 7.56. The third-order valence-corrected chi connectivity index (χ3v) is 7.10. The number of nitrogens with zero attached hydrogens (tertiary/aromatic N) is 4. The molecule has 0 saturated heterocycles. The van der Waals surface area contributed by atoms with Crippen molar-refractivity contribution in [3.05, 3.63) is 59.7 Å². The van der Waals surface area contributed by atoms with Crippen molar-refractivity contribution in [3.63, 3.8) is 0 Å². The number of phenolic OH excluding ortho intramolecular Hbond substituents is 1. The molecule has 0 amide bonds. The number of phenols is 1. The second-order valence-corrected chi connectivity index (χ2v) is 9.33. The van der Waals surface area contributed by atoms with Crippen LogP contribution in [0.3, 0.4) is 0 Å². The predicted octanol–water partition coefficient (Wildman–Crippen LogP) is 5.63. The van der Waals surface area contributed by atoms with E-state index in [1.165, 1.54) is 22.7 Å². The first kappa shape index (κ1) is 21.4. The topological polar surface area (TPSA) is 104 Å². The molecule has 0 aliphatic rings. The lowest BCUT2D eigenvalue weighted by atomic mass is 10.2. The molecule has 0 atom stereocenters. The Labute approximate surface area is 206 Å². The van der Waals surface area contributed by atoms with Crippen LogP contribution < -0.4 is 14.2 Å². The van der Waals surface area contributed by atoms with E-state index in [1.54, 1.807) is 43.1 Å². The number of hydrogen-bond acceptors (Lipinski definition) is 10. The maximum atomic E-state index is 9.74. The monoisotopic (exact) mass is 506 g/mol. The Bertz CT molecular complexity index is 1630. The summed E-state index contributed by atoms with van der Waals surface area (Å²) in [4.78, 5) is 9.95. The van der Waals surface area contributed by atoms with Gasteiger partial charge in [-0.05, 0) is 29.5 Å². The van der Waals surface area contributed by atoms with E-state index in [2.05, 4.69) is 15.1 Å². The van der Waals surface area contributed by atoms with E-state index in [0.29, 0.717) is 38.7 Å². The molecule has 0 spiro atoms. The molecule has 0 aliphatic heterocycles. The van der Waals surface area contributed by atoms with Gasteiger partial charge in [0, 0.05) is 23.1 Å². The third-order valence-electron chi connectivity index (χ3n) is 5.28. The van der Waals surface area contributed by atoms with E-state index >= 15 is 0 Å². The fraction of sp³-hybridized carbons (Fsp3) is 0.125. The van der Waals surface area contributed by atoms with E-state index in [4.69, 9.17) is 18.6 Å². The van der Waals surface area contributed by atoms with Gasteiger partial charge in [-0.25, -0.2) is 14.5 Å². The van der Waals surface area contributed by atoms with Crippen molar-refractivity contribution >= 4 is 38.6 Å². The highest BCUT2D eigenvalue weighted by Gasteiger charge is 2.17. The van der Waals surface area contributed by atoms with Gasteiger partial charge in [-0.2, -0.15) is 0 Å². The average Bonchev–Trinajstić information content (AvgIpc) is 3.64. The van der Waals surface area contributed by atoms with E-state index in [-0.39, 0.29) is 12.4 Å². The number of benzene rings is 2. The summed E-state index contributed by atoms with van der Waals surface area (Å²) in [6.07, 6.45) is 1.79. The van der Waals surface area contributed by atoms with Crippen LogP contribution in [-0.4, -0.2) is 38.9 Å². The van der Waals surface area contributed by atoms with Gasteiger partial charge in [0.15, 0.2) is 5.76 Å². The normalized spacial score (nSPS) is 11.4. The fourth-order valence-electron chi connectivity index (χ4n) is 3.63. The van der Waals surface area contributed by atoms with Crippen molar-refractivity contribution in [1.82, 2.24) is 19.6 Å². The van der Waals surface area contributed by atoms with Crippen LogP contribution >= 0.6 is 22.7 Å². The minimum absolute atomic E-state index is 0.206. The maximum absolute atomic E-state index is 9.74. The van der Waals surface area contributed by atoms with Crippen molar-refractivity contribution < 1.29 is 23.7 Å². The van der Waals surface area contributed by atoms with Gasteiger partial charge < -0.3 is 23.7 Å². The summed E-state index contributed by atoms with van der Waals surface area (Å²) >= 11 is 2.84. The molecule has 4 heterocycles. The van der Waals surface area contributed by atoms with Crippen molar-refractivity contribution in [2.75, 3.05) is 14.2 Å². The SMILES string of the molecule is COc1cc(OCc2csc(-c3cccc(O)c3)n2)c2cc(-c3cn4nc(OC)sc4n3)oc2c1. The van der Waals surface area contributed by atoms with E-state index < -0.39 is 0 Å². The molecular formula is C24H18N4O5S2. The lowest BCUT2D eigenvalue weighted by Gasteiger charge is -2.08. The molecular weight excluding hydrogens is 488 g/mol. The number of furan rings is 1. The van der Waals surface area contributed by atoms with Crippen LogP contribution in [0, 0.1) is 0 Å². The summed E-state index contributed by atoms with van der Waals surface area (Å²) in [5, 5.41) is 18.1. The average molecular weight is 507 g/mol. The number of hydrogen-bond donors (Lipinski definition) is 1. The predicted molar refractivity (Wildman–Crippen MR) is 133 cm³/mol. The third kappa shape index (κ3) is 4.04. The highest BCUT2D eigenvalue weighted by atomic mass is 32.1. The minimum Gasteiger partial charge on any atom is -0.508 e. The number of fused-ring (bicyclic) bond motifs is 2. The Morgan fingerprint density at radius 3 is 2.80 bits per heavy atom. The molecule has 11 heteroatoms. The molecule has 35 heavy (non-hydrogen) atoms. The van der Waals surface area contributed by atoms with Gasteiger partial charge in [-0.1, -0.05) is 12.1 Å². The molecule has 0 unspecified atom stereocenters. The van der Waals surface area contributed by atoms with Crippen molar-refractivity contribution in [3.8, 4) is 44.5 Å². The highest BCUT2D eigenvalue weighted by Crippen LogP contribution is 2.38. The molecule has 9 nitrogen and oxygen atoms in total. The molecule has 0 radical (unpaired) electrons. The van der Waals surface area contributed by atoms with Gasteiger partial charge in [0.25, 0.3) is 5.19 Å². The number of thiazole rings is 1. The van der Waals surface area contributed by atoms with Gasteiger partial charge in [0.05, 0.1) is 31.5 Å². The molecule has 2 aromatic carbocycles. The van der Waals surface area contributed by atoms with Crippen LogP contribution in [0.2, 0.25) is 0 Å². The molecule has 4 aromatic heterocycles. The summed E-state index contributed by atoms with van der Waals surface area (Å²) in [5.41, 5.74) is 2.91. The van der Waals surface area contributed by atoms with E-state index in [0.717, 1.165) is 21.7 Å². The van der Waals surface area contributed by atoms with Crippen LogP contribution in [0.1, 0.15) is 5.69 Å². The van der Waals surface area contributed by atoms with Gasteiger partial charge in [0.1, 0.15) is 40.1 Å². The first-order valence-electron chi connectivity index (χ1n) is 10.5. The Balaban J connectivity index is 1.29. The van der Waals surface area contributed by atoms with Gasteiger partial charge in [-0.15, -0.1) is 16.4 Å². The Kier molecular flexibility index (Phi) is 5.27. The quantitative estimate of drug-likeness (QED) is 0.297. The second kappa shape index (κ2) is 8.60. The van der Waals surface area contributed by atoms with Crippen molar-refractivity contribution in [2.24, 2.45) is 0 Å². The fourth-order valence-corrected chi connectivity index (χ4v) is 5.13. The summed E-state index contributed by atoms with van der Waals surface area (Å²) in [7, 11) is 3.17. The van der Waals surface area contributed by atoms with Crippen LogP contribution in [0.15, 0.2) is 58.5 Å². The largest absolute Gasteiger partial charge is 0.508 e. The van der Waals surface area contributed by atoms with Gasteiger partial charge in [-0.3, -0.25) is 0 Å². The van der Waals surface area contributed by atoms with Gasteiger partial charge >= 0.3 is 0 Å². The molecule has 6 rings (SSSR count). The number of aromatic nitrogens is 4. The number of rotatable bonds is 7. The Morgan fingerprint density at radius 2 is 2.00 bits per heavy atom. The van der Waals surface area contributed by atoms with E-state index in [1.807, 2.05) is 29.6 Å².